The Morgan fingerprint density at radius 2 is 2.05 bits per heavy atom. The van der Waals surface area contributed by atoms with Crippen molar-refractivity contribution in [3.8, 4) is 0 Å². The smallest absolute Gasteiger partial charge is 0.192 e. The van der Waals surface area contributed by atoms with Gasteiger partial charge >= 0.3 is 0 Å². The highest BCUT2D eigenvalue weighted by Crippen LogP contribution is 2.30. The normalized spacial score (nSPS) is 21.4. The first-order valence-electron chi connectivity index (χ1n) is 7.48. The van der Waals surface area contributed by atoms with E-state index < -0.39 is 0 Å². The summed E-state index contributed by atoms with van der Waals surface area (Å²) in [6, 6.07) is 0. The lowest BCUT2D eigenvalue weighted by atomic mass is 9.88. The quantitative estimate of drug-likeness (QED) is 0.841. The number of nitrogens with one attached hydrogen (secondary N) is 1. The summed E-state index contributed by atoms with van der Waals surface area (Å²) in [7, 11) is 0. The molecular weight excluding hydrogens is 252 g/mol. The van der Waals surface area contributed by atoms with Crippen molar-refractivity contribution >= 4 is 5.78 Å². The van der Waals surface area contributed by atoms with Gasteiger partial charge in [-0.25, -0.2) is 0 Å². The highest BCUT2D eigenvalue weighted by Gasteiger charge is 2.28. The maximum absolute atomic E-state index is 12.7. The lowest BCUT2D eigenvalue weighted by Gasteiger charge is -2.27. The molecule has 1 aliphatic carbocycles. The second-order valence-electron chi connectivity index (χ2n) is 5.57. The van der Waals surface area contributed by atoms with Gasteiger partial charge < -0.3 is 14.6 Å². The highest BCUT2D eigenvalue weighted by atomic mass is 16.5. The minimum absolute atomic E-state index is 0.221. The number of ketones is 1. The number of Topliss-reactive ketones (excluding diaryl/α,β-unsaturated/α-hetero) is 1. The molecule has 108 valence electrons. The Hall–Kier alpha value is -1.55. The number of fused-ring (bicyclic) bond motifs is 1. The molecule has 3 rings (SSSR count). The van der Waals surface area contributed by atoms with Crippen LogP contribution >= 0.6 is 0 Å². The van der Waals surface area contributed by atoms with Gasteiger partial charge in [0.05, 0.1) is 13.2 Å². The SMILES string of the molecule is CCc1c(C)[nH]c2c1C(=O)/C(=C\N1CCOCC1)CC2. The summed E-state index contributed by atoms with van der Waals surface area (Å²) in [5.41, 5.74) is 5.36. The maximum atomic E-state index is 12.7. The van der Waals surface area contributed by atoms with Crippen molar-refractivity contribution in [2.75, 3.05) is 26.3 Å². The number of hydrogen-bond acceptors (Lipinski definition) is 3. The largest absolute Gasteiger partial charge is 0.378 e. The number of ether oxygens (including phenoxy) is 1. The van der Waals surface area contributed by atoms with Gasteiger partial charge in [0.25, 0.3) is 0 Å². The molecule has 2 heterocycles. The first kappa shape index (κ1) is 13.4. The predicted octanol–water partition coefficient (Wildman–Crippen LogP) is 2.23. The molecule has 0 amide bonds. The molecule has 4 nitrogen and oxygen atoms in total. The molecule has 0 atom stereocenters. The molecule has 0 radical (unpaired) electrons. The number of rotatable bonds is 2. The number of morpholine rings is 1. The molecule has 20 heavy (non-hydrogen) atoms. The third kappa shape index (κ3) is 2.29. The molecule has 1 aliphatic heterocycles. The second kappa shape index (κ2) is 5.44. The van der Waals surface area contributed by atoms with Crippen LogP contribution < -0.4 is 0 Å². The fourth-order valence-corrected chi connectivity index (χ4v) is 3.22. The number of carbonyl (C=O) groups is 1. The Kier molecular flexibility index (Phi) is 3.66. The van der Waals surface area contributed by atoms with Crippen LogP contribution in [0.25, 0.3) is 0 Å². The fraction of sp³-hybridized carbons (Fsp3) is 0.562. The van der Waals surface area contributed by atoms with Gasteiger partial charge in [0.2, 0.25) is 0 Å². The maximum Gasteiger partial charge on any atom is 0.192 e. The molecule has 4 heteroatoms. The Morgan fingerprint density at radius 3 is 2.75 bits per heavy atom. The summed E-state index contributed by atoms with van der Waals surface area (Å²) >= 11 is 0. The number of aromatic nitrogens is 1. The molecule has 1 fully saturated rings. The van der Waals surface area contributed by atoms with Gasteiger partial charge in [-0.05, 0) is 31.7 Å². The van der Waals surface area contributed by atoms with E-state index in [9.17, 15) is 4.79 Å². The van der Waals surface area contributed by atoms with Crippen molar-refractivity contribution in [2.24, 2.45) is 0 Å². The van der Waals surface area contributed by atoms with E-state index in [0.717, 1.165) is 68.1 Å². The summed E-state index contributed by atoms with van der Waals surface area (Å²) in [6.07, 6.45) is 4.76. The molecule has 0 bridgehead atoms. The zero-order valence-electron chi connectivity index (χ0n) is 12.3. The van der Waals surface area contributed by atoms with E-state index in [1.807, 2.05) is 0 Å². The third-order valence-corrected chi connectivity index (χ3v) is 4.30. The summed E-state index contributed by atoms with van der Waals surface area (Å²) in [6.45, 7) is 7.46. The Balaban J connectivity index is 1.90. The van der Waals surface area contributed by atoms with Crippen LogP contribution in [0.2, 0.25) is 0 Å². The van der Waals surface area contributed by atoms with Crippen LogP contribution in [0.3, 0.4) is 0 Å². The van der Waals surface area contributed by atoms with Gasteiger partial charge in [0, 0.05) is 41.8 Å². The topological polar surface area (TPSA) is 45.3 Å². The number of nitrogens with zero attached hydrogens (tertiary/aromatic N) is 1. The van der Waals surface area contributed by atoms with Crippen LogP contribution in [0.5, 0.6) is 0 Å². The van der Waals surface area contributed by atoms with Gasteiger partial charge in [0.1, 0.15) is 0 Å². The molecule has 0 spiro atoms. The highest BCUT2D eigenvalue weighted by molar-refractivity contribution is 6.11. The molecule has 0 unspecified atom stereocenters. The second-order valence-corrected chi connectivity index (χ2v) is 5.57. The molecule has 0 saturated carbocycles. The van der Waals surface area contributed by atoms with E-state index in [4.69, 9.17) is 4.74 Å². The monoisotopic (exact) mass is 274 g/mol. The first-order chi connectivity index (χ1) is 9.70. The van der Waals surface area contributed by atoms with E-state index >= 15 is 0 Å². The Labute approximate surface area is 119 Å². The summed E-state index contributed by atoms with van der Waals surface area (Å²) in [5, 5.41) is 0. The van der Waals surface area contributed by atoms with Crippen LogP contribution in [0.1, 0.15) is 40.7 Å². The fourth-order valence-electron chi connectivity index (χ4n) is 3.22. The zero-order valence-corrected chi connectivity index (χ0v) is 12.3. The standard InChI is InChI=1S/C16H22N2O2/c1-3-13-11(2)17-14-5-4-12(16(19)15(13)14)10-18-6-8-20-9-7-18/h10,17H,3-9H2,1-2H3/b12-10-. The lowest BCUT2D eigenvalue weighted by molar-refractivity contribution is 0.0586. The van der Waals surface area contributed by atoms with Gasteiger partial charge in [-0.3, -0.25) is 4.79 Å². The predicted molar refractivity (Wildman–Crippen MR) is 78.0 cm³/mol. The van der Waals surface area contributed by atoms with Gasteiger partial charge in [-0.15, -0.1) is 0 Å². The molecule has 1 aromatic heterocycles. The number of aromatic amines is 1. The van der Waals surface area contributed by atoms with E-state index in [1.54, 1.807) is 0 Å². The van der Waals surface area contributed by atoms with Crippen LogP contribution in [0.15, 0.2) is 11.8 Å². The molecule has 2 aliphatic rings. The number of allylic oxidation sites excluding steroid dienone is 1. The van der Waals surface area contributed by atoms with E-state index in [1.165, 1.54) is 5.56 Å². The van der Waals surface area contributed by atoms with Crippen LogP contribution in [0.4, 0.5) is 0 Å². The van der Waals surface area contributed by atoms with Crippen molar-refractivity contribution in [1.29, 1.82) is 0 Å². The molecule has 0 aromatic carbocycles. The van der Waals surface area contributed by atoms with Crippen molar-refractivity contribution in [2.45, 2.75) is 33.1 Å². The molecule has 1 saturated heterocycles. The molecule has 1 aromatic rings. The van der Waals surface area contributed by atoms with Crippen molar-refractivity contribution in [3.63, 3.8) is 0 Å². The van der Waals surface area contributed by atoms with Gasteiger partial charge in [-0.1, -0.05) is 6.92 Å². The number of H-pyrrole nitrogens is 1. The summed E-state index contributed by atoms with van der Waals surface area (Å²) in [5.74, 6) is 0.221. The average molecular weight is 274 g/mol. The van der Waals surface area contributed by atoms with Crippen molar-refractivity contribution in [1.82, 2.24) is 9.88 Å². The van der Waals surface area contributed by atoms with E-state index in [-0.39, 0.29) is 5.78 Å². The molecule has 1 N–H and O–H groups in total. The van der Waals surface area contributed by atoms with E-state index in [2.05, 4.69) is 29.9 Å². The van der Waals surface area contributed by atoms with Crippen LogP contribution in [0, 0.1) is 6.92 Å². The number of hydrogen-bond donors (Lipinski definition) is 1. The number of carbonyl (C=O) groups excluding carboxylic acids is 1. The van der Waals surface area contributed by atoms with E-state index in [0.29, 0.717) is 0 Å². The number of aryl methyl sites for hydroxylation is 2. The Morgan fingerprint density at radius 1 is 1.30 bits per heavy atom. The zero-order chi connectivity index (χ0) is 14.1. The minimum Gasteiger partial charge on any atom is -0.378 e. The van der Waals surface area contributed by atoms with Crippen LogP contribution in [-0.4, -0.2) is 42.0 Å². The van der Waals surface area contributed by atoms with Crippen molar-refractivity contribution < 1.29 is 9.53 Å². The van der Waals surface area contributed by atoms with Gasteiger partial charge in [-0.2, -0.15) is 0 Å². The van der Waals surface area contributed by atoms with Crippen molar-refractivity contribution in [3.05, 3.63) is 34.3 Å². The lowest BCUT2D eigenvalue weighted by Crippen LogP contribution is -2.33. The minimum atomic E-state index is 0.221. The van der Waals surface area contributed by atoms with Crippen LogP contribution in [-0.2, 0) is 17.6 Å². The molecular formula is C16H22N2O2. The van der Waals surface area contributed by atoms with Gasteiger partial charge in [0.15, 0.2) is 5.78 Å². The summed E-state index contributed by atoms with van der Waals surface area (Å²) < 4.78 is 5.35. The third-order valence-electron chi connectivity index (χ3n) is 4.30. The average Bonchev–Trinajstić information content (AvgIpc) is 2.79. The Bertz CT molecular complexity index is 551. The summed E-state index contributed by atoms with van der Waals surface area (Å²) in [4.78, 5) is 18.3. The first-order valence-corrected chi connectivity index (χ1v) is 7.48.